The van der Waals surface area contributed by atoms with Crippen molar-refractivity contribution in [2.24, 2.45) is 0 Å². The average molecular weight is 382 g/mol. The van der Waals surface area contributed by atoms with Gasteiger partial charge in [0.15, 0.2) is 0 Å². The van der Waals surface area contributed by atoms with Crippen LogP contribution in [-0.4, -0.2) is 13.6 Å². The lowest BCUT2D eigenvalue weighted by Crippen LogP contribution is -2.37. The Morgan fingerprint density at radius 3 is 1.70 bits per heavy atom. The number of nitrogens with one attached hydrogen (secondary N) is 2. The van der Waals surface area contributed by atoms with Gasteiger partial charge < -0.3 is 5.21 Å². The molecule has 0 saturated carbocycles. The lowest BCUT2D eigenvalue weighted by Gasteiger charge is -2.27. The van der Waals surface area contributed by atoms with E-state index in [9.17, 15) is 13.6 Å². The molecule has 3 rings (SSSR count). The molecule has 0 saturated heterocycles. The number of aryl methyl sites for hydroxylation is 1. The monoisotopic (exact) mass is 382 g/mol. The molecule has 0 aromatic heterocycles. The first-order valence-electron chi connectivity index (χ1n) is 8.60. The topological polar surface area (TPSA) is 78.4 Å². The quantitative estimate of drug-likeness (QED) is 0.544. The SMILES string of the molecule is Cc1ccc(S(=O)(=O)N[C@H](c2ccccc2)[C@H](NO)c2ccccc2)cc1. The minimum absolute atomic E-state index is 0.179. The summed E-state index contributed by atoms with van der Waals surface area (Å²) in [6.07, 6.45) is 0. The van der Waals surface area contributed by atoms with Crippen LogP contribution in [0.4, 0.5) is 0 Å². The highest BCUT2D eigenvalue weighted by Crippen LogP contribution is 2.30. The summed E-state index contributed by atoms with van der Waals surface area (Å²) in [6.45, 7) is 1.90. The van der Waals surface area contributed by atoms with Gasteiger partial charge in [-0.1, -0.05) is 78.4 Å². The summed E-state index contributed by atoms with van der Waals surface area (Å²) >= 11 is 0. The summed E-state index contributed by atoms with van der Waals surface area (Å²) in [7, 11) is -3.79. The molecule has 3 N–H and O–H groups in total. The van der Waals surface area contributed by atoms with Gasteiger partial charge in [0.05, 0.1) is 17.0 Å². The van der Waals surface area contributed by atoms with Crippen LogP contribution >= 0.6 is 0 Å². The van der Waals surface area contributed by atoms with Crippen molar-refractivity contribution >= 4 is 10.0 Å². The minimum atomic E-state index is -3.79. The van der Waals surface area contributed by atoms with Crippen LogP contribution in [0.2, 0.25) is 0 Å². The molecule has 0 spiro atoms. The molecule has 0 amide bonds. The number of rotatable bonds is 7. The lowest BCUT2D eigenvalue weighted by molar-refractivity contribution is 0.110. The van der Waals surface area contributed by atoms with E-state index in [-0.39, 0.29) is 4.90 Å². The van der Waals surface area contributed by atoms with Gasteiger partial charge in [0, 0.05) is 0 Å². The molecule has 0 aliphatic heterocycles. The first-order chi connectivity index (χ1) is 13.0. The number of hydrogen-bond donors (Lipinski definition) is 3. The van der Waals surface area contributed by atoms with Crippen LogP contribution in [0.5, 0.6) is 0 Å². The van der Waals surface area contributed by atoms with E-state index >= 15 is 0 Å². The summed E-state index contributed by atoms with van der Waals surface area (Å²) < 4.78 is 28.7. The molecule has 6 heteroatoms. The highest BCUT2D eigenvalue weighted by Gasteiger charge is 2.29. The number of hydrogen-bond acceptors (Lipinski definition) is 4. The molecule has 140 valence electrons. The van der Waals surface area contributed by atoms with E-state index in [1.807, 2.05) is 67.6 Å². The molecule has 0 heterocycles. The Hall–Kier alpha value is -2.51. The smallest absolute Gasteiger partial charge is 0.241 e. The third-order valence-electron chi connectivity index (χ3n) is 4.40. The molecule has 3 aromatic carbocycles. The predicted molar refractivity (Wildman–Crippen MR) is 105 cm³/mol. The van der Waals surface area contributed by atoms with Crippen LogP contribution in [-0.2, 0) is 10.0 Å². The Labute approximate surface area is 159 Å². The van der Waals surface area contributed by atoms with E-state index in [0.717, 1.165) is 16.7 Å². The third-order valence-corrected chi connectivity index (χ3v) is 5.86. The van der Waals surface area contributed by atoms with Crippen molar-refractivity contribution in [2.45, 2.75) is 23.9 Å². The van der Waals surface area contributed by atoms with Gasteiger partial charge in [0.25, 0.3) is 0 Å². The van der Waals surface area contributed by atoms with Gasteiger partial charge >= 0.3 is 0 Å². The highest BCUT2D eigenvalue weighted by molar-refractivity contribution is 7.89. The zero-order valence-corrected chi connectivity index (χ0v) is 15.7. The van der Waals surface area contributed by atoms with Crippen LogP contribution in [0.1, 0.15) is 28.8 Å². The fraction of sp³-hybridized carbons (Fsp3) is 0.143. The Bertz CT molecular complexity index is 959. The van der Waals surface area contributed by atoms with Gasteiger partial charge in [-0.05, 0) is 30.2 Å². The second kappa shape index (κ2) is 8.45. The van der Waals surface area contributed by atoms with E-state index in [0.29, 0.717) is 0 Å². The number of sulfonamides is 1. The predicted octanol–water partition coefficient (Wildman–Crippen LogP) is 3.73. The van der Waals surface area contributed by atoms with Gasteiger partial charge in [-0.2, -0.15) is 5.48 Å². The zero-order valence-electron chi connectivity index (χ0n) is 14.9. The molecule has 0 aliphatic carbocycles. The largest absolute Gasteiger partial charge is 0.316 e. The van der Waals surface area contributed by atoms with Crippen LogP contribution < -0.4 is 10.2 Å². The average Bonchev–Trinajstić information content (AvgIpc) is 2.69. The molecular weight excluding hydrogens is 360 g/mol. The Morgan fingerprint density at radius 1 is 0.741 bits per heavy atom. The molecule has 0 fully saturated rings. The first kappa shape index (κ1) is 19.3. The van der Waals surface area contributed by atoms with Crippen LogP contribution in [0.15, 0.2) is 89.8 Å². The molecular formula is C21H22N2O3S. The Morgan fingerprint density at radius 2 is 1.22 bits per heavy atom. The molecule has 0 aliphatic rings. The van der Waals surface area contributed by atoms with E-state index in [1.165, 1.54) is 0 Å². The second-order valence-corrected chi connectivity index (χ2v) is 8.05. The molecule has 0 unspecified atom stereocenters. The summed E-state index contributed by atoms with van der Waals surface area (Å²) in [5, 5.41) is 9.83. The lowest BCUT2D eigenvalue weighted by atomic mass is 9.95. The first-order valence-corrected chi connectivity index (χ1v) is 10.1. The van der Waals surface area contributed by atoms with E-state index in [4.69, 9.17) is 0 Å². The molecule has 2 atom stereocenters. The Kier molecular flexibility index (Phi) is 6.03. The third kappa shape index (κ3) is 4.61. The summed E-state index contributed by atoms with van der Waals surface area (Å²) in [5.41, 5.74) is 4.76. The van der Waals surface area contributed by atoms with Crippen molar-refractivity contribution in [1.82, 2.24) is 10.2 Å². The van der Waals surface area contributed by atoms with Crippen molar-refractivity contribution in [3.8, 4) is 0 Å². The molecule has 5 nitrogen and oxygen atoms in total. The van der Waals surface area contributed by atoms with Gasteiger partial charge in [-0.3, -0.25) is 0 Å². The Balaban J connectivity index is 2.01. The van der Waals surface area contributed by atoms with Crippen molar-refractivity contribution in [2.75, 3.05) is 0 Å². The maximum absolute atomic E-state index is 13.0. The molecule has 0 radical (unpaired) electrons. The summed E-state index contributed by atoms with van der Waals surface area (Å²) in [5.74, 6) is 0. The summed E-state index contributed by atoms with van der Waals surface area (Å²) in [4.78, 5) is 0.179. The zero-order chi connectivity index (χ0) is 19.3. The van der Waals surface area contributed by atoms with Crippen molar-refractivity contribution in [1.29, 1.82) is 0 Å². The van der Waals surface area contributed by atoms with Gasteiger partial charge in [-0.25, -0.2) is 13.1 Å². The van der Waals surface area contributed by atoms with Crippen molar-refractivity contribution < 1.29 is 13.6 Å². The van der Waals surface area contributed by atoms with Crippen LogP contribution in [0.3, 0.4) is 0 Å². The fourth-order valence-electron chi connectivity index (χ4n) is 2.94. The van der Waals surface area contributed by atoms with E-state index in [2.05, 4.69) is 10.2 Å². The van der Waals surface area contributed by atoms with Crippen molar-refractivity contribution in [3.63, 3.8) is 0 Å². The van der Waals surface area contributed by atoms with Crippen LogP contribution in [0.25, 0.3) is 0 Å². The fourth-order valence-corrected chi connectivity index (χ4v) is 4.18. The maximum atomic E-state index is 13.0. The molecule has 27 heavy (non-hydrogen) atoms. The van der Waals surface area contributed by atoms with Gasteiger partial charge in [0.1, 0.15) is 0 Å². The number of benzene rings is 3. The minimum Gasteiger partial charge on any atom is -0.316 e. The van der Waals surface area contributed by atoms with E-state index in [1.54, 1.807) is 24.3 Å². The number of hydroxylamine groups is 1. The van der Waals surface area contributed by atoms with Crippen molar-refractivity contribution in [3.05, 3.63) is 102 Å². The normalized spacial score (nSPS) is 13.9. The molecule has 3 aromatic rings. The molecule has 0 bridgehead atoms. The van der Waals surface area contributed by atoms with Crippen LogP contribution in [0, 0.1) is 6.92 Å². The standard InChI is InChI=1S/C21H22N2O3S/c1-16-12-14-19(15-13-16)27(25,26)23-21(18-10-6-3-7-11-18)20(22-24)17-8-4-2-5-9-17/h2-15,20-24H,1H3/t20-,21-/m1/s1. The second-order valence-electron chi connectivity index (χ2n) is 6.34. The van der Waals surface area contributed by atoms with Gasteiger partial charge in [0.2, 0.25) is 10.0 Å². The summed E-state index contributed by atoms with van der Waals surface area (Å²) in [6, 6.07) is 23.7. The maximum Gasteiger partial charge on any atom is 0.241 e. The highest BCUT2D eigenvalue weighted by atomic mass is 32.2. The van der Waals surface area contributed by atoms with Gasteiger partial charge in [-0.15, -0.1) is 0 Å². The van der Waals surface area contributed by atoms with E-state index < -0.39 is 22.1 Å².